The summed E-state index contributed by atoms with van der Waals surface area (Å²) < 4.78 is 27.3. The van der Waals surface area contributed by atoms with Gasteiger partial charge in [0.25, 0.3) is 0 Å². The molecule has 0 radical (unpaired) electrons. The van der Waals surface area contributed by atoms with Gasteiger partial charge in [-0.25, -0.2) is 8.42 Å². The second kappa shape index (κ2) is 5.42. The number of nitrogens with one attached hydrogen (secondary N) is 1. The van der Waals surface area contributed by atoms with Gasteiger partial charge in [-0.1, -0.05) is 13.8 Å². The molecule has 0 aromatic carbocycles. The van der Waals surface area contributed by atoms with Gasteiger partial charge < -0.3 is 0 Å². The molecule has 0 saturated carbocycles. The van der Waals surface area contributed by atoms with Crippen LogP contribution in [0.5, 0.6) is 0 Å². The van der Waals surface area contributed by atoms with Crippen LogP contribution in [0.3, 0.4) is 0 Å². The van der Waals surface area contributed by atoms with Crippen LogP contribution in [0.2, 0.25) is 0 Å². The zero-order valence-electron chi connectivity index (χ0n) is 11.5. The van der Waals surface area contributed by atoms with E-state index in [1.54, 1.807) is 11.2 Å². The highest BCUT2D eigenvalue weighted by Crippen LogP contribution is 2.32. The first-order chi connectivity index (χ1) is 8.89. The highest BCUT2D eigenvalue weighted by atomic mass is 35.5. The predicted molar refractivity (Wildman–Crippen MR) is 74.6 cm³/mol. The smallest absolute Gasteiger partial charge is 0.247 e. The number of aromatic nitrogens is 2. The standard InChI is InChI=1S/C12H20ClN3O2S/c1-8(2)11-5-4-6-16(11)19(17,18)12-9(3)14-15-10(12)7-13/h8,11H,4-7H2,1-3H3,(H,14,15). The molecular weight excluding hydrogens is 286 g/mol. The molecule has 108 valence electrons. The average Bonchev–Trinajstić information content (AvgIpc) is 2.94. The summed E-state index contributed by atoms with van der Waals surface area (Å²) in [4.78, 5) is 0.259. The molecular formula is C12H20ClN3O2S. The van der Waals surface area contributed by atoms with Crippen molar-refractivity contribution in [1.82, 2.24) is 14.5 Å². The van der Waals surface area contributed by atoms with E-state index in [1.165, 1.54) is 0 Å². The number of aromatic amines is 1. The molecule has 7 heteroatoms. The van der Waals surface area contributed by atoms with Gasteiger partial charge in [-0.2, -0.15) is 9.40 Å². The first kappa shape index (κ1) is 14.8. The Morgan fingerprint density at radius 3 is 2.79 bits per heavy atom. The van der Waals surface area contributed by atoms with E-state index in [1.807, 2.05) is 0 Å². The summed E-state index contributed by atoms with van der Waals surface area (Å²) in [6, 6.07) is 0.0717. The lowest BCUT2D eigenvalue weighted by Gasteiger charge is -2.27. The number of hydrogen-bond acceptors (Lipinski definition) is 3. The van der Waals surface area contributed by atoms with Crippen molar-refractivity contribution >= 4 is 21.6 Å². The summed E-state index contributed by atoms with van der Waals surface area (Å²) >= 11 is 5.79. The van der Waals surface area contributed by atoms with Gasteiger partial charge in [0.15, 0.2) is 0 Å². The van der Waals surface area contributed by atoms with E-state index >= 15 is 0 Å². The number of H-pyrrole nitrogens is 1. The molecule has 1 aliphatic heterocycles. The van der Waals surface area contributed by atoms with Gasteiger partial charge in [0.2, 0.25) is 10.0 Å². The van der Waals surface area contributed by atoms with E-state index < -0.39 is 10.0 Å². The molecule has 0 amide bonds. The minimum atomic E-state index is -3.51. The van der Waals surface area contributed by atoms with Gasteiger partial charge in [0, 0.05) is 12.6 Å². The van der Waals surface area contributed by atoms with Crippen molar-refractivity contribution in [3.05, 3.63) is 11.4 Å². The molecule has 1 atom stereocenters. The minimum Gasteiger partial charge on any atom is -0.281 e. The van der Waals surface area contributed by atoms with Crippen LogP contribution in [-0.4, -0.2) is 35.5 Å². The van der Waals surface area contributed by atoms with Crippen molar-refractivity contribution in [2.24, 2.45) is 5.92 Å². The van der Waals surface area contributed by atoms with Gasteiger partial charge in [0.1, 0.15) is 4.90 Å². The van der Waals surface area contributed by atoms with Crippen LogP contribution in [-0.2, 0) is 15.9 Å². The van der Waals surface area contributed by atoms with Gasteiger partial charge >= 0.3 is 0 Å². The predicted octanol–water partition coefficient (Wildman–Crippen LogP) is 2.27. The van der Waals surface area contributed by atoms with E-state index in [2.05, 4.69) is 24.0 Å². The Morgan fingerprint density at radius 2 is 2.21 bits per heavy atom. The molecule has 0 bridgehead atoms. The largest absolute Gasteiger partial charge is 0.281 e. The van der Waals surface area contributed by atoms with Gasteiger partial charge in [-0.15, -0.1) is 11.6 Å². The zero-order valence-corrected chi connectivity index (χ0v) is 13.1. The lowest BCUT2D eigenvalue weighted by molar-refractivity contribution is 0.315. The molecule has 19 heavy (non-hydrogen) atoms. The Labute approximate surface area is 119 Å². The third-order valence-corrected chi connectivity index (χ3v) is 6.05. The lowest BCUT2D eigenvalue weighted by Crippen LogP contribution is -2.38. The summed E-state index contributed by atoms with van der Waals surface area (Å²) in [5, 5.41) is 6.70. The summed E-state index contributed by atoms with van der Waals surface area (Å²) in [5.41, 5.74) is 0.971. The first-order valence-electron chi connectivity index (χ1n) is 6.51. The van der Waals surface area contributed by atoms with Crippen LogP contribution >= 0.6 is 11.6 Å². The Bertz CT molecular complexity index is 553. The fourth-order valence-corrected chi connectivity index (χ4v) is 5.18. The number of nitrogens with zero attached hydrogens (tertiary/aromatic N) is 2. The maximum atomic E-state index is 12.8. The molecule has 1 saturated heterocycles. The number of hydrogen-bond donors (Lipinski definition) is 1. The third-order valence-electron chi connectivity index (χ3n) is 3.67. The Kier molecular flexibility index (Phi) is 4.23. The molecule has 2 rings (SSSR count). The van der Waals surface area contributed by atoms with Crippen LogP contribution in [0.15, 0.2) is 4.90 Å². The molecule has 1 fully saturated rings. The van der Waals surface area contributed by atoms with Crippen LogP contribution < -0.4 is 0 Å². The second-order valence-corrected chi connectivity index (χ2v) is 7.42. The van der Waals surface area contributed by atoms with E-state index in [0.717, 1.165) is 12.8 Å². The average molecular weight is 306 g/mol. The summed E-state index contributed by atoms with van der Waals surface area (Å²) in [6.45, 7) is 6.42. The fraction of sp³-hybridized carbons (Fsp3) is 0.750. The van der Waals surface area contributed by atoms with E-state index in [9.17, 15) is 8.42 Å². The minimum absolute atomic E-state index is 0.0717. The second-order valence-electron chi connectivity index (χ2n) is 5.33. The lowest BCUT2D eigenvalue weighted by atomic mass is 10.0. The van der Waals surface area contributed by atoms with Gasteiger partial charge in [-0.05, 0) is 25.7 Å². The van der Waals surface area contributed by atoms with Gasteiger partial charge in [-0.3, -0.25) is 5.10 Å². The normalized spacial score (nSPS) is 21.4. The number of alkyl halides is 1. The number of sulfonamides is 1. The molecule has 1 aromatic rings. The fourth-order valence-electron chi connectivity index (χ4n) is 2.75. The molecule has 5 nitrogen and oxygen atoms in total. The Morgan fingerprint density at radius 1 is 1.53 bits per heavy atom. The Balaban J connectivity index is 2.45. The quantitative estimate of drug-likeness (QED) is 0.868. The van der Waals surface area contributed by atoms with Crippen molar-refractivity contribution in [2.45, 2.75) is 50.4 Å². The molecule has 2 heterocycles. The third kappa shape index (κ3) is 2.53. The van der Waals surface area contributed by atoms with Gasteiger partial charge in [0.05, 0.1) is 17.3 Å². The molecule has 1 aromatic heterocycles. The highest BCUT2D eigenvalue weighted by molar-refractivity contribution is 7.89. The van der Waals surface area contributed by atoms with E-state index in [-0.39, 0.29) is 16.8 Å². The zero-order chi connectivity index (χ0) is 14.2. The topological polar surface area (TPSA) is 66.1 Å². The monoisotopic (exact) mass is 305 g/mol. The van der Waals surface area contributed by atoms with Crippen molar-refractivity contribution in [1.29, 1.82) is 0 Å². The highest BCUT2D eigenvalue weighted by Gasteiger charge is 2.39. The number of aryl methyl sites for hydroxylation is 1. The van der Waals surface area contributed by atoms with Crippen molar-refractivity contribution in [3.63, 3.8) is 0 Å². The first-order valence-corrected chi connectivity index (χ1v) is 8.48. The van der Waals surface area contributed by atoms with Crippen molar-refractivity contribution < 1.29 is 8.42 Å². The number of halogens is 1. The maximum absolute atomic E-state index is 12.8. The van der Waals surface area contributed by atoms with Crippen molar-refractivity contribution in [3.8, 4) is 0 Å². The number of rotatable bonds is 4. The van der Waals surface area contributed by atoms with E-state index in [0.29, 0.717) is 23.9 Å². The van der Waals surface area contributed by atoms with E-state index in [4.69, 9.17) is 11.6 Å². The summed E-state index contributed by atoms with van der Waals surface area (Å²) in [5.74, 6) is 0.406. The summed E-state index contributed by atoms with van der Waals surface area (Å²) in [6.07, 6.45) is 1.83. The Hall–Kier alpha value is -0.590. The van der Waals surface area contributed by atoms with Crippen LogP contribution in [0.1, 0.15) is 38.1 Å². The SMILES string of the molecule is Cc1[nH]nc(CCl)c1S(=O)(=O)N1CCCC1C(C)C. The molecule has 0 aliphatic carbocycles. The van der Waals surface area contributed by atoms with Crippen molar-refractivity contribution in [2.75, 3.05) is 6.54 Å². The van der Waals surface area contributed by atoms with Crippen LogP contribution in [0.4, 0.5) is 0 Å². The molecule has 1 aliphatic rings. The van der Waals surface area contributed by atoms with Crippen LogP contribution in [0.25, 0.3) is 0 Å². The molecule has 1 N–H and O–H groups in total. The molecule has 1 unspecified atom stereocenters. The van der Waals surface area contributed by atoms with Crippen LogP contribution in [0, 0.1) is 12.8 Å². The summed E-state index contributed by atoms with van der Waals surface area (Å²) in [7, 11) is -3.51. The maximum Gasteiger partial charge on any atom is 0.247 e. The molecule has 0 spiro atoms.